The van der Waals surface area contributed by atoms with Crippen molar-refractivity contribution in [2.75, 3.05) is 13.1 Å². The highest BCUT2D eigenvalue weighted by molar-refractivity contribution is 7.68. The Morgan fingerprint density at radius 1 is 1.38 bits per heavy atom. The fraction of sp³-hybridized carbons (Fsp3) is 0.571. The van der Waals surface area contributed by atoms with E-state index in [-0.39, 0.29) is 16.2 Å². The molecule has 0 atom stereocenters. The average Bonchev–Trinajstić information content (AvgIpc) is 2.76. The van der Waals surface area contributed by atoms with E-state index in [0.717, 1.165) is 0 Å². The molecule has 0 spiro atoms. The zero-order chi connectivity index (χ0) is 9.52. The molecule has 0 aromatic carbocycles. The van der Waals surface area contributed by atoms with Crippen molar-refractivity contribution in [3.05, 3.63) is 0 Å². The Morgan fingerprint density at radius 3 is 2.31 bits per heavy atom. The van der Waals surface area contributed by atoms with Crippen molar-refractivity contribution in [1.82, 2.24) is 10.6 Å². The summed E-state index contributed by atoms with van der Waals surface area (Å²) in [4.78, 5) is 13.7. The van der Waals surface area contributed by atoms with Crippen LogP contribution in [0, 0.1) is 0 Å². The van der Waals surface area contributed by atoms with Crippen LogP contribution in [0.15, 0.2) is 4.99 Å². The minimum absolute atomic E-state index is 0.0231. The highest BCUT2D eigenvalue weighted by Gasteiger charge is 2.11. The first kappa shape index (κ1) is 10.1. The minimum Gasteiger partial charge on any atom is -0.317 e. The maximum atomic E-state index is 10.3. The first-order valence-corrected chi connectivity index (χ1v) is 4.79. The van der Waals surface area contributed by atoms with Crippen LogP contribution in [0.2, 0.25) is 0 Å². The molecular formula is C7H11N3O2S. The number of nitrogens with one attached hydrogen (secondary N) is 2. The van der Waals surface area contributed by atoms with E-state index in [2.05, 4.69) is 15.6 Å². The molecule has 0 aliphatic carbocycles. The van der Waals surface area contributed by atoms with E-state index >= 15 is 0 Å². The molecule has 1 fully saturated rings. The summed E-state index contributed by atoms with van der Waals surface area (Å²) in [5.41, 5.74) is 0. The van der Waals surface area contributed by atoms with Gasteiger partial charge in [0.1, 0.15) is 11.3 Å². The topological polar surface area (TPSA) is 70.6 Å². The summed E-state index contributed by atoms with van der Waals surface area (Å²) in [7, 11) is 0. The maximum absolute atomic E-state index is 10.3. The van der Waals surface area contributed by atoms with E-state index in [9.17, 15) is 9.00 Å². The molecule has 72 valence electrons. The quantitative estimate of drug-likeness (QED) is 0.487. The predicted molar refractivity (Wildman–Crippen MR) is 51.9 cm³/mol. The van der Waals surface area contributed by atoms with Gasteiger partial charge in [-0.15, -0.1) is 0 Å². The summed E-state index contributed by atoms with van der Waals surface area (Å²) in [6.07, 6.45) is 3.97. The lowest BCUT2D eigenvalue weighted by atomic mass is 10.4. The lowest BCUT2D eigenvalue weighted by Crippen LogP contribution is -2.20. The summed E-state index contributed by atoms with van der Waals surface area (Å²) < 4.78 is 9.85. The average molecular weight is 201 g/mol. The van der Waals surface area contributed by atoms with Crippen molar-refractivity contribution < 1.29 is 9.00 Å². The van der Waals surface area contributed by atoms with Gasteiger partial charge < -0.3 is 10.6 Å². The summed E-state index contributed by atoms with van der Waals surface area (Å²) in [6, 6.07) is 0. The number of nitrogens with zero attached hydrogens (tertiary/aromatic N) is 1. The molecule has 6 heteroatoms. The molecular weight excluding hydrogens is 190 g/mol. The number of aliphatic imine (C=N–C) groups is 1. The van der Waals surface area contributed by atoms with Gasteiger partial charge in [-0.3, -0.25) is 4.79 Å². The monoisotopic (exact) mass is 201 g/mol. The molecule has 0 bridgehead atoms. The van der Waals surface area contributed by atoms with E-state index in [1.807, 2.05) is 0 Å². The Bertz CT molecular complexity index is 259. The second kappa shape index (κ2) is 5.60. The molecule has 13 heavy (non-hydrogen) atoms. The molecule has 1 amide bonds. The molecule has 2 heterocycles. The Morgan fingerprint density at radius 2 is 2.08 bits per heavy atom. The number of rotatable bonds is 0. The smallest absolute Gasteiger partial charge is 0.288 e. The van der Waals surface area contributed by atoms with Gasteiger partial charge >= 0.3 is 0 Å². The van der Waals surface area contributed by atoms with Gasteiger partial charge in [0.15, 0.2) is 0 Å². The largest absolute Gasteiger partial charge is 0.317 e. The fourth-order valence-electron chi connectivity index (χ4n) is 0.954. The van der Waals surface area contributed by atoms with Gasteiger partial charge in [0.05, 0.1) is 6.34 Å². The van der Waals surface area contributed by atoms with Gasteiger partial charge in [-0.1, -0.05) is 0 Å². The summed E-state index contributed by atoms with van der Waals surface area (Å²) in [5.74, 6) is -0.412. The van der Waals surface area contributed by atoms with Gasteiger partial charge in [0, 0.05) is 0 Å². The Balaban J connectivity index is 0.000000145. The Labute approximate surface area is 79.7 Å². The van der Waals surface area contributed by atoms with E-state index in [1.54, 1.807) is 0 Å². The molecule has 0 aromatic heterocycles. The first-order chi connectivity index (χ1) is 6.34. The molecule has 2 aliphatic rings. The minimum atomic E-state index is -0.412. The Kier molecular flexibility index (Phi) is 4.34. The van der Waals surface area contributed by atoms with Crippen LogP contribution in [0.3, 0.4) is 0 Å². The number of hydrogen-bond acceptors (Lipinski definition) is 3. The molecule has 0 unspecified atom stereocenters. The van der Waals surface area contributed by atoms with Crippen LogP contribution in [-0.4, -0.2) is 34.5 Å². The number of hydrogen-bond donors (Lipinski definition) is 2. The zero-order valence-electron chi connectivity index (χ0n) is 7.08. The van der Waals surface area contributed by atoms with E-state index < -0.39 is 5.91 Å². The van der Waals surface area contributed by atoms with Crippen molar-refractivity contribution in [1.29, 1.82) is 0 Å². The van der Waals surface area contributed by atoms with Crippen molar-refractivity contribution in [3.63, 3.8) is 0 Å². The lowest BCUT2D eigenvalue weighted by Gasteiger charge is -1.78. The van der Waals surface area contributed by atoms with Crippen LogP contribution >= 0.6 is 0 Å². The van der Waals surface area contributed by atoms with Crippen LogP contribution in [0.25, 0.3) is 0 Å². The van der Waals surface area contributed by atoms with Gasteiger partial charge in [-0.2, -0.15) is 0 Å². The second-order valence-electron chi connectivity index (χ2n) is 2.58. The summed E-state index contributed by atoms with van der Waals surface area (Å²) in [5, 5.41) is 5.45. The fourth-order valence-corrected chi connectivity index (χ4v) is 1.18. The maximum Gasteiger partial charge on any atom is 0.288 e. The van der Waals surface area contributed by atoms with Crippen molar-refractivity contribution in [2.24, 2.45) is 4.99 Å². The lowest BCUT2D eigenvalue weighted by molar-refractivity contribution is -0.113. The van der Waals surface area contributed by atoms with Crippen LogP contribution in [0.4, 0.5) is 0 Å². The third-order valence-corrected chi connectivity index (χ3v) is 2.06. The zero-order valence-corrected chi connectivity index (χ0v) is 7.89. The van der Waals surface area contributed by atoms with Crippen LogP contribution in [0.1, 0.15) is 12.8 Å². The van der Waals surface area contributed by atoms with E-state index in [4.69, 9.17) is 0 Å². The van der Waals surface area contributed by atoms with Crippen molar-refractivity contribution in [2.45, 2.75) is 12.8 Å². The molecule has 2 N–H and O–H groups in total. The third-order valence-electron chi connectivity index (χ3n) is 1.61. The standard InChI is InChI=1S/C4H9N.C3H2N2O2S/c1-2-4-5-3-1;6-2-3(8-7)5-1-4-2/h5H,1-4H2;1H,(H,4,5,6). The van der Waals surface area contributed by atoms with Gasteiger partial charge in [0.2, 0.25) is 4.99 Å². The number of amides is 1. The van der Waals surface area contributed by atoms with Crippen LogP contribution in [-0.2, 0) is 16.1 Å². The van der Waals surface area contributed by atoms with Crippen molar-refractivity contribution in [3.8, 4) is 0 Å². The molecule has 1 saturated heterocycles. The number of carbonyl (C=O) groups is 1. The Hall–Kier alpha value is -1.01. The van der Waals surface area contributed by atoms with Gasteiger partial charge in [-0.25, -0.2) is 9.20 Å². The van der Waals surface area contributed by atoms with E-state index in [1.165, 1.54) is 32.3 Å². The highest BCUT2D eigenvalue weighted by Crippen LogP contribution is 1.90. The molecule has 0 saturated carbocycles. The summed E-state index contributed by atoms with van der Waals surface area (Å²) in [6.45, 7) is 2.50. The van der Waals surface area contributed by atoms with Crippen molar-refractivity contribution >= 4 is 28.5 Å². The normalized spacial score (nSPS) is 19.4. The van der Waals surface area contributed by atoms with Crippen LogP contribution < -0.4 is 10.6 Å². The molecule has 0 aromatic rings. The third kappa shape index (κ3) is 3.47. The van der Waals surface area contributed by atoms with Gasteiger partial charge in [0.25, 0.3) is 5.91 Å². The SMILES string of the molecule is C1CCNC1.O=S=C1N=CNC1=O. The molecule has 0 radical (unpaired) electrons. The highest BCUT2D eigenvalue weighted by atomic mass is 32.1. The van der Waals surface area contributed by atoms with Gasteiger partial charge in [-0.05, 0) is 25.9 Å². The summed E-state index contributed by atoms with van der Waals surface area (Å²) >= 11 is 0.0972. The molecule has 2 rings (SSSR count). The second-order valence-corrected chi connectivity index (χ2v) is 3.13. The first-order valence-electron chi connectivity index (χ1n) is 4.05. The molecule has 5 nitrogen and oxygen atoms in total. The molecule has 2 aliphatic heterocycles. The van der Waals surface area contributed by atoms with Crippen LogP contribution in [0.5, 0.6) is 0 Å². The van der Waals surface area contributed by atoms with E-state index in [0.29, 0.717) is 0 Å². The predicted octanol–water partition coefficient (Wildman–Crippen LogP) is -1.14. The number of carbonyl (C=O) groups excluding carboxylic acids is 1.